The Morgan fingerprint density at radius 3 is 2.74 bits per heavy atom. The highest BCUT2D eigenvalue weighted by Gasteiger charge is 2.07. The van der Waals surface area contributed by atoms with Crippen molar-refractivity contribution in [1.29, 1.82) is 0 Å². The molecule has 2 amide bonds. The quantitative estimate of drug-likeness (QED) is 0.821. The number of pyridine rings is 1. The summed E-state index contributed by atoms with van der Waals surface area (Å²) in [6, 6.07) is 7.17. The van der Waals surface area contributed by atoms with E-state index in [4.69, 9.17) is 0 Å². The lowest BCUT2D eigenvalue weighted by Crippen LogP contribution is -2.26. The van der Waals surface area contributed by atoms with Crippen LogP contribution in [-0.4, -0.2) is 22.9 Å². The first kappa shape index (κ1) is 16.5. The molecule has 0 saturated carbocycles. The Bertz CT molecular complexity index is 837. The lowest BCUT2D eigenvalue weighted by atomic mass is 10.1. The van der Waals surface area contributed by atoms with E-state index in [0.29, 0.717) is 11.3 Å². The lowest BCUT2D eigenvalue weighted by molar-refractivity contribution is -0.117. The Morgan fingerprint density at radius 1 is 1.30 bits per heavy atom. The van der Waals surface area contributed by atoms with E-state index in [1.54, 1.807) is 36.7 Å². The highest BCUT2D eigenvalue weighted by atomic mass is 16.2. The predicted octanol–water partition coefficient (Wildman–Crippen LogP) is 1.48. The number of carbonyl (C=O) groups is 2. The van der Waals surface area contributed by atoms with Crippen LogP contribution in [0.5, 0.6) is 0 Å². The van der Waals surface area contributed by atoms with Crippen LogP contribution in [0.15, 0.2) is 41.7 Å². The molecule has 0 aliphatic heterocycles. The van der Waals surface area contributed by atoms with Crippen LogP contribution in [0, 0.1) is 6.92 Å². The van der Waals surface area contributed by atoms with Crippen LogP contribution in [0.4, 0.5) is 5.69 Å². The maximum absolute atomic E-state index is 11.9. The van der Waals surface area contributed by atoms with Crippen LogP contribution in [0.1, 0.15) is 12.0 Å². The second kappa shape index (κ2) is 6.91. The molecule has 2 rings (SSSR count). The zero-order valence-corrected chi connectivity index (χ0v) is 13.2. The maximum Gasteiger partial charge on any atom is 0.253 e. The van der Waals surface area contributed by atoms with Crippen LogP contribution < -0.4 is 16.2 Å². The molecule has 23 heavy (non-hydrogen) atoms. The number of amides is 2. The van der Waals surface area contributed by atoms with E-state index in [1.165, 1.54) is 0 Å². The van der Waals surface area contributed by atoms with Gasteiger partial charge >= 0.3 is 0 Å². The molecule has 1 aromatic heterocycles. The van der Waals surface area contributed by atoms with Gasteiger partial charge in [-0.3, -0.25) is 14.4 Å². The molecule has 0 unspecified atom stereocenters. The fourth-order valence-electron chi connectivity index (χ4n) is 2.32. The Hall–Kier alpha value is -2.89. The first-order valence-electron chi connectivity index (χ1n) is 7.23. The standard InChI is InChI=1S/C17H19N3O3/c1-4-15(21)18-8-7-16(22)19-13-5-6-14-12(10-13)9-11(2)17(23)20(14)3/h4-6,9-10H,1,7-8H2,2-3H3,(H,18,21)(H,19,22). The van der Waals surface area contributed by atoms with Crippen molar-refractivity contribution in [3.63, 3.8) is 0 Å². The number of aromatic nitrogens is 1. The number of hydrogen-bond acceptors (Lipinski definition) is 3. The van der Waals surface area contributed by atoms with E-state index in [0.717, 1.165) is 17.0 Å². The van der Waals surface area contributed by atoms with E-state index >= 15 is 0 Å². The van der Waals surface area contributed by atoms with Gasteiger partial charge in [0.2, 0.25) is 11.8 Å². The van der Waals surface area contributed by atoms with Gasteiger partial charge in [0.15, 0.2) is 0 Å². The minimum atomic E-state index is -0.306. The van der Waals surface area contributed by atoms with Crippen molar-refractivity contribution >= 4 is 28.4 Å². The van der Waals surface area contributed by atoms with Crippen LogP contribution in [0.2, 0.25) is 0 Å². The summed E-state index contributed by atoms with van der Waals surface area (Å²) in [5.41, 5.74) is 2.07. The zero-order chi connectivity index (χ0) is 17.0. The van der Waals surface area contributed by atoms with Gasteiger partial charge in [-0.15, -0.1) is 0 Å². The SMILES string of the molecule is C=CC(=O)NCCC(=O)Nc1ccc2c(c1)cc(C)c(=O)n2C. The van der Waals surface area contributed by atoms with Gasteiger partial charge < -0.3 is 15.2 Å². The van der Waals surface area contributed by atoms with Gasteiger partial charge in [-0.25, -0.2) is 0 Å². The number of hydrogen-bond donors (Lipinski definition) is 2. The average Bonchev–Trinajstić information content (AvgIpc) is 2.52. The second-order valence-electron chi connectivity index (χ2n) is 5.26. The summed E-state index contributed by atoms with van der Waals surface area (Å²) in [7, 11) is 1.72. The summed E-state index contributed by atoms with van der Waals surface area (Å²) in [4.78, 5) is 34.8. The molecule has 2 N–H and O–H groups in total. The van der Waals surface area contributed by atoms with E-state index in [9.17, 15) is 14.4 Å². The molecule has 120 valence electrons. The average molecular weight is 313 g/mol. The van der Waals surface area contributed by atoms with Crippen molar-refractivity contribution in [2.75, 3.05) is 11.9 Å². The molecule has 6 heteroatoms. The van der Waals surface area contributed by atoms with Crippen molar-refractivity contribution in [3.05, 3.63) is 52.8 Å². The number of carbonyl (C=O) groups excluding carboxylic acids is 2. The molecule has 0 aliphatic rings. The third-order valence-corrected chi connectivity index (χ3v) is 3.52. The first-order chi connectivity index (χ1) is 10.9. The molecule has 6 nitrogen and oxygen atoms in total. The molecular formula is C17H19N3O3. The Labute approximate surface area is 133 Å². The third-order valence-electron chi connectivity index (χ3n) is 3.52. The number of benzene rings is 1. The minimum Gasteiger partial charge on any atom is -0.352 e. The summed E-state index contributed by atoms with van der Waals surface area (Å²) in [6.07, 6.45) is 1.33. The van der Waals surface area contributed by atoms with E-state index < -0.39 is 0 Å². The molecule has 0 bridgehead atoms. The maximum atomic E-state index is 11.9. The highest BCUT2D eigenvalue weighted by Crippen LogP contribution is 2.18. The van der Waals surface area contributed by atoms with Crippen molar-refractivity contribution in [3.8, 4) is 0 Å². The fourth-order valence-corrected chi connectivity index (χ4v) is 2.32. The number of nitrogens with one attached hydrogen (secondary N) is 2. The predicted molar refractivity (Wildman–Crippen MR) is 90.4 cm³/mol. The van der Waals surface area contributed by atoms with Gasteiger partial charge in [-0.2, -0.15) is 0 Å². The number of aryl methyl sites for hydroxylation is 2. The zero-order valence-electron chi connectivity index (χ0n) is 13.2. The topological polar surface area (TPSA) is 80.2 Å². The van der Waals surface area contributed by atoms with Crippen molar-refractivity contribution in [2.45, 2.75) is 13.3 Å². The molecule has 0 radical (unpaired) electrons. The summed E-state index contributed by atoms with van der Waals surface area (Å²) >= 11 is 0. The van der Waals surface area contributed by atoms with Gasteiger partial charge in [0.25, 0.3) is 5.56 Å². The van der Waals surface area contributed by atoms with E-state index in [-0.39, 0.29) is 30.3 Å². The van der Waals surface area contributed by atoms with Crippen molar-refractivity contribution in [2.24, 2.45) is 7.05 Å². The molecule has 0 atom stereocenters. The van der Waals surface area contributed by atoms with Gasteiger partial charge in [0, 0.05) is 36.7 Å². The number of rotatable bonds is 5. The Balaban J connectivity index is 2.11. The van der Waals surface area contributed by atoms with E-state index in [2.05, 4.69) is 17.2 Å². The monoisotopic (exact) mass is 313 g/mol. The minimum absolute atomic E-state index is 0.0350. The number of fused-ring (bicyclic) bond motifs is 1. The first-order valence-corrected chi connectivity index (χ1v) is 7.23. The molecule has 1 aromatic carbocycles. The summed E-state index contributed by atoms with van der Waals surface area (Å²) in [5, 5.41) is 6.20. The van der Waals surface area contributed by atoms with Crippen molar-refractivity contribution < 1.29 is 9.59 Å². The molecule has 0 spiro atoms. The molecule has 0 saturated heterocycles. The summed E-state index contributed by atoms with van der Waals surface area (Å²) in [5.74, 6) is -0.504. The molecule has 2 aromatic rings. The van der Waals surface area contributed by atoms with Gasteiger partial charge in [-0.1, -0.05) is 6.58 Å². The lowest BCUT2D eigenvalue weighted by Gasteiger charge is -2.10. The van der Waals surface area contributed by atoms with Crippen LogP contribution in [0.25, 0.3) is 10.9 Å². The van der Waals surface area contributed by atoms with Crippen LogP contribution in [-0.2, 0) is 16.6 Å². The normalized spacial score (nSPS) is 10.3. The second-order valence-corrected chi connectivity index (χ2v) is 5.26. The Morgan fingerprint density at radius 2 is 2.04 bits per heavy atom. The Kier molecular flexibility index (Phi) is 4.95. The highest BCUT2D eigenvalue weighted by molar-refractivity contribution is 5.94. The summed E-state index contributed by atoms with van der Waals surface area (Å²) in [6.45, 7) is 5.35. The molecule has 0 aliphatic carbocycles. The number of anilines is 1. The van der Waals surface area contributed by atoms with Crippen molar-refractivity contribution in [1.82, 2.24) is 9.88 Å². The summed E-state index contributed by atoms with van der Waals surface area (Å²) < 4.78 is 1.58. The molecule has 0 fully saturated rings. The third kappa shape index (κ3) is 3.85. The smallest absolute Gasteiger partial charge is 0.253 e. The van der Waals surface area contributed by atoms with Gasteiger partial charge in [0.05, 0.1) is 5.52 Å². The molecule has 1 heterocycles. The van der Waals surface area contributed by atoms with Crippen LogP contribution in [0.3, 0.4) is 0 Å². The van der Waals surface area contributed by atoms with Crippen LogP contribution >= 0.6 is 0 Å². The van der Waals surface area contributed by atoms with Gasteiger partial charge in [-0.05, 0) is 37.3 Å². The fraction of sp³-hybridized carbons (Fsp3) is 0.235. The largest absolute Gasteiger partial charge is 0.352 e. The molecular weight excluding hydrogens is 294 g/mol. The van der Waals surface area contributed by atoms with Gasteiger partial charge in [0.1, 0.15) is 0 Å². The number of nitrogens with zero attached hydrogens (tertiary/aromatic N) is 1. The van der Waals surface area contributed by atoms with E-state index in [1.807, 2.05) is 6.07 Å².